The first kappa shape index (κ1) is 24.1. The van der Waals surface area contributed by atoms with Crippen LogP contribution in [-0.2, 0) is 16.0 Å². The van der Waals surface area contributed by atoms with Gasteiger partial charge in [0.1, 0.15) is 5.75 Å². The second kappa shape index (κ2) is 12.4. The number of nitrogens with zero attached hydrogens (tertiary/aromatic N) is 1. The first-order valence-corrected chi connectivity index (χ1v) is 11.3. The molecule has 0 atom stereocenters. The minimum Gasteiger partial charge on any atom is -0.482 e. The van der Waals surface area contributed by atoms with E-state index >= 15 is 0 Å². The molecule has 0 aliphatic carbocycles. The van der Waals surface area contributed by atoms with Crippen molar-refractivity contribution in [1.29, 1.82) is 0 Å². The van der Waals surface area contributed by atoms with E-state index in [1.54, 1.807) is 13.0 Å². The smallest absolute Gasteiger partial charge is 0.341 e. The van der Waals surface area contributed by atoms with Crippen molar-refractivity contribution in [3.8, 4) is 5.75 Å². The van der Waals surface area contributed by atoms with Gasteiger partial charge < -0.3 is 14.7 Å². The number of amides is 1. The van der Waals surface area contributed by atoms with Gasteiger partial charge in [-0.1, -0.05) is 72.8 Å². The third kappa shape index (κ3) is 7.79. The third-order valence-corrected chi connectivity index (χ3v) is 5.69. The predicted molar refractivity (Wildman–Crippen MR) is 129 cm³/mol. The number of carbonyl (C=O) groups excluding carboxylic acids is 1. The molecule has 33 heavy (non-hydrogen) atoms. The number of aliphatic carboxylic acids is 1. The molecule has 0 aliphatic heterocycles. The summed E-state index contributed by atoms with van der Waals surface area (Å²) in [5.41, 5.74) is 3.57. The standard InChI is InChI=1S/C28H31NO4/c1-22(30)29(18-9-11-23-10-8-16-26(20-23)33-21-28(31)32)19-17-27(24-12-4-2-5-13-24)25-14-6-3-7-15-25/h2-8,10,12-16,20,27H,9,11,17-19,21H2,1H3,(H,31,32). The van der Waals surface area contributed by atoms with Gasteiger partial charge >= 0.3 is 5.97 Å². The minimum atomic E-state index is -0.998. The largest absolute Gasteiger partial charge is 0.482 e. The Morgan fingerprint density at radius 1 is 0.879 bits per heavy atom. The molecule has 172 valence electrons. The van der Waals surface area contributed by atoms with E-state index in [2.05, 4.69) is 48.5 Å². The molecule has 0 bridgehead atoms. The lowest BCUT2D eigenvalue weighted by atomic mass is 9.88. The van der Waals surface area contributed by atoms with Gasteiger partial charge in [0.25, 0.3) is 0 Å². The van der Waals surface area contributed by atoms with Crippen LogP contribution in [0.4, 0.5) is 0 Å². The van der Waals surface area contributed by atoms with Gasteiger partial charge in [-0.3, -0.25) is 4.79 Å². The van der Waals surface area contributed by atoms with E-state index in [1.165, 1.54) is 11.1 Å². The van der Waals surface area contributed by atoms with Crippen LogP contribution in [0.1, 0.15) is 42.4 Å². The second-order valence-corrected chi connectivity index (χ2v) is 8.10. The lowest BCUT2D eigenvalue weighted by Gasteiger charge is -2.25. The maximum atomic E-state index is 12.3. The average Bonchev–Trinajstić information content (AvgIpc) is 2.83. The molecule has 0 saturated carbocycles. The Labute approximate surface area is 195 Å². The lowest BCUT2D eigenvalue weighted by molar-refractivity contribution is -0.139. The van der Waals surface area contributed by atoms with Crippen LogP contribution < -0.4 is 4.74 Å². The summed E-state index contributed by atoms with van der Waals surface area (Å²) in [5, 5.41) is 8.77. The van der Waals surface area contributed by atoms with Crippen molar-refractivity contribution in [2.24, 2.45) is 0 Å². The zero-order valence-corrected chi connectivity index (χ0v) is 19.0. The number of carboxylic acids is 1. The molecule has 0 heterocycles. The number of hydrogen-bond acceptors (Lipinski definition) is 3. The van der Waals surface area contributed by atoms with Crippen molar-refractivity contribution in [1.82, 2.24) is 4.90 Å². The minimum absolute atomic E-state index is 0.0772. The number of benzene rings is 3. The maximum absolute atomic E-state index is 12.3. The number of aryl methyl sites for hydroxylation is 1. The normalized spacial score (nSPS) is 10.7. The van der Waals surface area contributed by atoms with Crippen LogP contribution >= 0.6 is 0 Å². The summed E-state index contributed by atoms with van der Waals surface area (Å²) in [4.78, 5) is 24.9. The van der Waals surface area contributed by atoms with Crippen LogP contribution in [-0.4, -0.2) is 41.6 Å². The van der Waals surface area contributed by atoms with Crippen LogP contribution in [0.3, 0.4) is 0 Å². The van der Waals surface area contributed by atoms with Crippen molar-refractivity contribution in [3.63, 3.8) is 0 Å². The Kier molecular flexibility index (Phi) is 9.07. The lowest BCUT2D eigenvalue weighted by Crippen LogP contribution is -2.32. The van der Waals surface area contributed by atoms with Crippen molar-refractivity contribution in [3.05, 3.63) is 102 Å². The summed E-state index contributed by atoms with van der Waals surface area (Å²) in [6.07, 6.45) is 2.46. The molecule has 3 aromatic carbocycles. The molecule has 3 aromatic rings. The van der Waals surface area contributed by atoms with E-state index in [0.717, 1.165) is 24.8 Å². The highest BCUT2D eigenvalue weighted by atomic mass is 16.5. The Balaban J connectivity index is 1.58. The van der Waals surface area contributed by atoms with Crippen molar-refractivity contribution < 1.29 is 19.4 Å². The Bertz CT molecular complexity index is 981. The highest BCUT2D eigenvalue weighted by Crippen LogP contribution is 2.28. The molecule has 1 N–H and O–H groups in total. The van der Waals surface area contributed by atoms with Crippen molar-refractivity contribution in [2.45, 2.75) is 32.1 Å². The first-order chi connectivity index (χ1) is 16.0. The van der Waals surface area contributed by atoms with Crippen LogP contribution in [0, 0.1) is 0 Å². The fourth-order valence-electron chi connectivity index (χ4n) is 4.02. The van der Waals surface area contributed by atoms with Crippen molar-refractivity contribution in [2.75, 3.05) is 19.7 Å². The summed E-state index contributed by atoms with van der Waals surface area (Å²) in [6.45, 7) is 2.63. The summed E-state index contributed by atoms with van der Waals surface area (Å²) < 4.78 is 5.26. The fourth-order valence-corrected chi connectivity index (χ4v) is 4.02. The van der Waals surface area contributed by atoms with Crippen molar-refractivity contribution >= 4 is 11.9 Å². The van der Waals surface area contributed by atoms with Crippen LogP contribution in [0.15, 0.2) is 84.9 Å². The molecule has 0 aromatic heterocycles. The van der Waals surface area contributed by atoms with Gasteiger partial charge in [-0.05, 0) is 48.1 Å². The fraction of sp³-hybridized carbons (Fsp3) is 0.286. The van der Waals surface area contributed by atoms with E-state index in [1.807, 2.05) is 35.2 Å². The van der Waals surface area contributed by atoms with Gasteiger partial charge in [0.2, 0.25) is 5.91 Å². The first-order valence-electron chi connectivity index (χ1n) is 11.3. The maximum Gasteiger partial charge on any atom is 0.341 e. The van der Waals surface area contributed by atoms with E-state index in [-0.39, 0.29) is 18.4 Å². The Hall–Kier alpha value is -3.60. The van der Waals surface area contributed by atoms with Gasteiger partial charge in [0.05, 0.1) is 0 Å². The molecule has 3 rings (SSSR count). The van der Waals surface area contributed by atoms with Gasteiger partial charge in [0, 0.05) is 25.9 Å². The number of rotatable bonds is 12. The molecular formula is C28H31NO4. The molecule has 0 aliphatic rings. The molecule has 0 saturated heterocycles. The molecule has 5 nitrogen and oxygen atoms in total. The van der Waals surface area contributed by atoms with Crippen LogP contribution in [0.25, 0.3) is 0 Å². The number of carboxylic acid groups (broad SMARTS) is 1. The highest BCUT2D eigenvalue weighted by Gasteiger charge is 2.17. The molecule has 0 fully saturated rings. The quantitative estimate of drug-likeness (QED) is 0.419. The average molecular weight is 446 g/mol. The summed E-state index contributed by atoms with van der Waals surface area (Å²) in [7, 11) is 0. The zero-order valence-electron chi connectivity index (χ0n) is 19.0. The topological polar surface area (TPSA) is 66.8 Å². The van der Waals surface area contributed by atoms with Crippen LogP contribution in [0.2, 0.25) is 0 Å². The molecular weight excluding hydrogens is 414 g/mol. The zero-order chi connectivity index (χ0) is 23.5. The third-order valence-electron chi connectivity index (χ3n) is 5.69. The summed E-state index contributed by atoms with van der Waals surface area (Å²) >= 11 is 0. The Morgan fingerprint density at radius 3 is 2.09 bits per heavy atom. The van der Waals surface area contributed by atoms with E-state index in [9.17, 15) is 9.59 Å². The van der Waals surface area contributed by atoms with Crippen LogP contribution in [0.5, 0.6) is 5.75 Å². The summed E-state index contributed by atoms with van der Waals surface area (Å²) in [5.74, 6) is -0.139. The molecule has 5 heteroatoms. The Morgan fingerprint density at radius 2 is 1.52 bits per heavy atom. The molecule has 1 amide bonds. The predicted octanol–water partition coefficient (Wildman–Crippen LogP) is 5.15. The number of ether oxygens (including phenoxy) is 1. The molecule has 0 unspecified atom stereocenters. The van der Waals surface area contributed by atoms with Gasteiger partial charge in [-0.25, -0.2) is 4.79 Å². The van der Waals surface area contributed by atoms with Gasteiger partial charge in [-0.15, -0.1) is 0 Å². The molecule has 0 spiro atoms. The summed E-state index contributed by atoms with van der Waals surface area (Å²) in [6, 6.07) is 28.3. The van der Waals surface area contributed by atoms with Gasteiger partial charge in [-0.2, -0.15) is 0 Å². The number of carbonyl (C=O) groups is 2. The highest BCUT2D eigenvalue weighted by molar-refractivity contribution is 5.73. The van der Waals surface area contributed by atoms with E-state index in [0.29, 0.717) is 18.8 Å². The van der Waals surface area contributed by atoms with E-state index < -0.39 is 5.97 Å². The number of hydrogen-bond donors (Lipinski definition) is 1. The molecule has 0 radical (unpaired) electrons. The SMILES string of the molecule is CC(=O)N(CCCc1cccc(OCC(=O)O)c1)CCC(c1ccccc1)c1ccccc1. The van der Waals surface area contributed by atoms with Gasteiger partial charge in [0.15, 0.2) is 6.61 Å². The monoisotopic (exact) mass is 445 g/mol. The second-order valence-electron chi connectivity index (χ2n) is 8.10. The van der Waals surface area contributed by atoms with E-state index in [4.69, 9.17) is 9.84 Å².